The minimum Gasteiger partial charge on any atom is -0.396 e. The predicted octanol–water partition coefficient (Wildman–Crippen LogP) is 3.17. The Kier molecular flexibility index (Phi) is 4.60. The van der Waals surface area contributed by atoms with E-state index in [-0.39, 0.29) is 18.6 Å². The highest BCUT2D eigenvalue weighted by molar-refractivity contribution is 6.31. The Labute approximate surface area is 134 Å². The number of carbonyl (C=O) groups excluding carboxylic acids is 1. The van der Waals surface area contributed by atoms with Crippen molar-refractivity contribution in [2.75, 3.05) is 6.61 Å². The second kappa shape index (κ2) is 6.63. The maximum absolute atomic E-state index is 12.3. The first-order valence-corrected chi connectivity index (χ1v) is 8.01. The van der Waals surface area contributed by atoms with E-state index < -0.39 is 0 Å². The quantitative estimate of drug-likeness (QED) is 0.913. The van der Waals surface area contributed by atoms with Crippen molar-refractivity contribution in [3.05, 3.63) is 41.0 Å². The lowest BCUT2D eigenvalue weighted by molar-refractivity contribution is 0.0909. The van der Waals surface area contributed by atoms with E-state index >= 15 is 0 Å². The Morgan fingerprint density at radius 3 is 2.68 bits per heavy atom. The van der Waals surface area contributed by atoms with Gasteiger partial charge in [0.05, 0.1) is 5.52 Å². The summed E-state index contributed by atoms with van der Waals surface area (Å²) in [6.07, 6.45) is 3.75. The lowest BCUT2D eigenvalue weighted by atomic mass is 9.86. The highest BCUT2D eigenvalue weighted by Crippen LogP contribution is 2.24. The van der Waals surface area contributed by atoms with Gasteiger partial charge in [-0.1, -0.05) is 23.7 Å². The van der Waals surface area contributed by atoms with Crippen LogP contribution >= 0.6 is 11.6 Å². The van der Waals surface area contributed by atoms with E-state index in [1.54, 1.807) is 12.1 Å². The average molecular weight is 319 g/mol. The SMILES string of the molecule is O=C(NC1CCC(CO)CC1)c1ccc2ccc(Cl)cc2n1. The number of rotatable bonds is 3. The van der Waals surface area contributed by atoms with Crippen LogP contribution in [-0.4, -0.2) is 28.6 Å². The molecule has 1 amide bonds. The second-order valence-corrected chi connectivity index (χ2v) is 6.34. The third-order valence-electron chi connectivity index (χ3n) is 4.33. The number of carbonyl (C=O) groups is 1. The van der Waals surface area contributed by atoms with Gasteiger partial charge in [0.1, 0.15) is 5.69 Å². The maximum Gasteiger partial charge on any atom is 0.270 e. The number of pyridine rings is 1. The van der Waals surface area contributed by atoms with Gasteiger partial charge in [-0.2, -0.15) is 0 Å². The van der Waals surface area contributed by atoms with Gasteiger partial charge < -0.3 is 10.4 Å². The maximum atomic E-state index is 12.3. The van der Waals surface area contributed by atoms with Gasteiger partial charge in [-0.05, 0) is 49.8 Å². The van der Waals surface area contributed by atoms with Crippen LogP contribution in [0.1, 0.15) is 36.2 Å². The number of aliphatic hydroxyl groups is 1. The molecule has 1 aromatic carbocycles. The molecular formula is C17H19ClN2O2. The number of amides is 1. The molecule has 1 fully saturated rings. The molecule has 4 nitrogen and oxygen atoms in total. The monoisotopic (exact) mass is 318 g/mol. The van der Waals surface area contributed by atoms with E-state index in [1.807, 2.05) is 18.2 Å². The number of halogens is 1. The summed E-state index contributed by atoms with van der Waals surface area (Å²) < 4.78 is 0. The molecule has 0 unspecified atom stereocenters. The molecule has 0 aliphatic heterocycles. The minimum atomic E-state index is -0.144. The van der Waals surface area contributed by atoms with Gasteiger partial charge >= 0.3 is 0 Å². The molecule has 5 heteroatoms. The number of hydrogen-bond donors (Lipinski definition) is 2. The molecule has 1 heterocycles. The molecule has 1 saturated carbocycles. The third-order valence-corrected chi connectivity index (χ3v) is 4.56. The summed E-state index contributed by atoms with van der Waals surface area (Å²) >= 11 is 5.97. The van der Waals surface area contributed by atoms with Crippen molar-refractivity contribution in [3.8, 4) is 0 Å². The Bertz CT molecular complexity index is 681. The van der Waals surface area contributed by atoms with Gasteiger partial charge in [0.25, 0.3) is 5.91 Å². The van der Waals surface area contributed by atoms with E-state index in [0.29, 0.717) is 16.6 Å². The summed E-state index contributed by atoms with van der Waals surface area (Å²) in [6, 6.07) is 9.27. The number of aromatic nitrogens is 1. The van der Waals surface area contributed by atoms with Gasteiger partial charge in [0.2, 0.25) is 0 Å². The molecule has 1 aliphatic carbocycles. The Hall–Kier alpha value is -1.65. The van der Waals surface area contributed by atoms with Crippen molar-refractivity contribution in [2.24, 2.45) is 5.92 Å². The fourth-order valence-electron chi connectivity index (χ4n) is 2.97. The zero-order valence-electron chi connectivity index (χ0n) is 12.3. The van der Waals surface area contributed by atoms with E-state index in [2.05, 4.69) is 10.3 Å². The Balaban J connectivity index is 1.70. The molecule has 0 spiro atoms. The zero-order chi connectivity index (χ0) is 15.5. The normalized spacial score (nSPS) is 21.7. The second-order valence-electron chi connectivity index (χ2n) is 5.91. The minimum absolute atomic E-state index is 0.144. The van der Waals surface area contributed by atoms with Gasteiger partial charge in [0.15, 0.2) is 0 Å². The zero-order valence-corrected chi connectivity index (χ0v) is 13.0. The highest BCUT2D eigenvalue weighted by Gasteiger charge is 2.22. The first kappa shape index (κ1) is 15.3. The number of fused-ring (bicyclic) bond motifs is 1. The fraction of sp³-hybridized carbons (Fsp3) is 0.412. The van der Waals surface area contributed by atoms with Gasteiger partial charge in [-0.25, -0.2) is 4.98 Å². The standard InChI is InChI=1S/C17H19ClN2O2/c18-13-5-3-12-4-8-15(20-16(12)9-13)17(22)19-14-6-1-11(10-21)2-7-14/h3-5,8-9,11,14,21H,1-2,6-7,10H2,(H,19,22). The lowest BCUT2D eigenvalue weighted by Gasteiger charge is -2.27. The van der Waals surface area contributed by atoms with E-state index in [4.69, 9.17) is 16.7 Å². The van der Waals surface area contributed by atoms with Gasteiger partial charge in [-0.15, -0.1) is 0 Å². The summed E-state index contributed by atoms with van der Waals surface area (Å²) in [6.45, 7) is 0.244. The van der Waals surface area contributed by atoms with Crippen LogP contribution < -0.4 is 5.32 Å². The molecule has 0 saturated heterocycles. The van der Waals surface area contributed by atoms with Crippen molar-refractivity contribution in [1.82, 2.24) is 10.3 Å². The molecule has 1 aliphatic rings. The lowest BCUT2D eigenvalue weighted by Crippen LogP contribution is -2.38. The van der Waals surface area contributed by atoms with Crippen LogP contribution in [0.2, 0.25) is 5.02 Å². The Morgan fingerprint density at radius 1 is 1.23 bits per heavy atom. The number of hydrogen-bond acceptors (Lipinski definition) is 3. The van der Waals surface area contributed by atoms with Crippen molar-refractivity contribution >= 4 is 28.4 Å². The van der Waals surface area contributed by atoms with Crippen molar-refractivity contribution in [3.63, 3.8) is 0 Å². The summed E-state index contributed by atoms with van der Waals surface area (Å²) in [5.41, 5.74) is 1.14. The van der Waals surface area contributed by atoms with Crippen molar-refractivity contribution in [2.45, 2.75) is 31.7 Å². The number of nitrogens with one attached hydrogen (secondary N) is 1. The first-order chi connectivity index (χ1) is 10.7. The van der Waals surface area contributed by atoms with E-state index in [9.17, 15) is 4.79 Å². The average Bonchev–Trinajstić information content (AvgIpc) is 2.54. The molecule has 1 aromatic heterocycles. The molecule has 116 valence electrons. The summed E-state index contributed by atoms with van der Waals surface area (Å²) in [5.74, 6) is 0.239. The first-order valence-electron chi connectivity index (χ1n) is 7.64. The Morgan fingerprint density at radius 2 is 1.95 bits per heavy atom. The smallest absolute Gasteiger partial charge is 0.270 e. The summed E-state index contributed by atoms with van der Waals surface area (Å²) in [5, 5.41) is 13.8. The molecule has 2 N–H and O–H groups in total. The largest absolute Gasteiger partial charge is 0.396 e. The highest BCUT2D eigenvalue weighted by atomic mass is 35.5. The molecule has 0 atom stereocenters. The summed E-state index contributed by atoms with van der Waals surface area (Å²) in [7, 11) is 0. The summed E-state index contributed by atoms with van der Waals surface area (Å²) in [4.78, 5) is 16.7. The van der Waals surface area contributed by atoms with Crippen LogP contribution in [0.4, 0.5) is 0 Å². The van der Waals surface area contributed by atoms with Crippen molar-refractivity contribution < 1.29 is 9.90 Å². The predicted molar refractivity (Wildman–Crippen MR) is 87.1 cm³/mol. The molecule has 0 bridgehead atoms. The molecule has 0 radical (unpaired) electrons. The number of nitrogens with zero attached hydrogens (tertiary/aromatic N) is 1. The van der Waals surface area contributed by atoms with Crippen LogP contribution in [0, 0.1) is 5.92 Å². The molecule has 2 aromatic rings. The number of benzene rings is 1. The van der Waals surface area contributed by atoms with Crippen LogP contribution in [0.15, 0.2) is 30.3 Å². The molecular weight excluding hydrogens is 300 g/mol. The number of aliphatic hydroxyl groups excluding tert-OH is 1. The van der Waals surface area contributed by atoms with Crippen LogP contribution in [-0.2, 0) is 0 Å². The van der Waals surface area contributed by atoms with E-state index in [0.717, 1.165) is 36.6 Å². The third kappa shape index (κ3) is 3.39. The van der Waals surface area contributed by atoms with Crippen LogP contribution in [0.25, 0.3) is 10.9 Å². The molecule has 22 heavy (non-hydrogen) atoms. The van der Waals surface area contributed by atoms with Crippen LogP contribution in [0.3, 0.4) is 0 Å². The topological polar surface area (TPSA) is 62.2 Å². The molecule has 3 rings (SSSR count). The fourth-order valence-corrected chi connectivity index (χ4v) is 3.13. The van der Waals surface area contributed by atoms with E-state index in [1.165, 1.54) is 0 Å². The van der Waals surface area contributed by atoms with Gasteiger partial charge in [-0.3, -0.25) is 4.79 Å². The van der Waals surface area contributed by atoms with Crippen molar-refractivity contribution in [1.29, 1.82) is 0 Å². The van der Waals surface area contributed by atoms with Crippen LogP contribution in [0.5, 0.6) is 0 Å². The van der Waals surface area contributed by atoms with Gasteiger partial charge in [0, 0.05) is 23.1 Å².